The molecule has 2 atom stereocenters. The first kappa shape index (κ1) is 12.1. The summed E-state index contributed by atoms with van der Waals surface area (Å²) < 4.78 is 7.12. The normalized spacial score (nSPS) is 15.6. The minimum absolute atomic E-state index is 0.0436. The third kappa shape index (κ3) is 3.00. The monoisotopic (exact) mass is 212 g/mol. The molecule has 5 heteroatoms. The van der Waals surface area contributed by atoms with E-state index in [1.165, 1.54) is 0 Å². The Kier molecular flexibility index (Phi) is 4.23. The molecule has 0 saturated heterocycles. The molecule has 15 heavy (non-hydrogen) atoms. The Morgan fingerprint density at radius 1 is 1.53 bits per heavy atom. The van der Waals surface area contributed by atoms with Gasteiger partial charge >= 0.3 is 0 Å². The van der Waals surface area contributed by atoms with Crippen LogP contribution in [0.2, 0.25) is 0 Å². The molecule has 0 radical (unpaired) electrons. The molecule has 0 aliphatic carbocycles. The zero-order chi connectivity index (χ0) is 11.4. The molecule has 0 amide bonds. The van der Waals surface area contributed by atoms with Crippen LogP contribution < -0.4 is 5.73 Å². The molecule has 2 N–H and O–H groups in total. The molecule has 1 heterocycles. The zero-order valence-corrected chi connectivity index (χ0v) is 9.84. The number of ether oxygens (including phenoxy) is 1. The largest absolute Gasteiger partial charge is 0.380 e. The number of nitrogens with two attached hydrogens (primary N) is 1. The number of aryl methyl sites for hydroxylation is 1. The Bertz CT molecular complexity index is 297. The lowest BCUT2D eigenvalue weighted by Crippen LogP contribution is -2.41. The van der Waals surface area contributed by atoms with Crippen molar-refractivity contribution < 1.29 is 4.74 Å². The predicted octanol–water partition coefficient (Wildman–Crippen LogP) is 0.356. The molecule has 0 aromatic carbocycles. The second kappa shape index (κ2) is 5.23. The van der Waals surface area contributed by atoms with Crippen molar-refractivity contribution in [1.82, 2.24) is 14.8 Å². The van der Waals surface area contributed by atoms with Gasteiger partial charge in [-0.15, -0.1) is 0 Å². The van der Waals surface area contributed by atoms with Crippen LogP contribution in [0, 0.1) is 5.92 Å². The summed E-state index contributed by atoms with van der Waals surface area (Å²) in [5, 5.41) is 4.01. The summed E-state index contributed by atoms with van der Waals surface area (Å²) in [5.74, 6) is 1.29. The minimum atomic E-state index is -0.0436. The molecule has 5 nitrogen and oxygen atoms in total. The lowest BCUT2D eigenvalue weighted by atomic mass is 9.97. The van der Waals surface area contributed by atoms with Crippen molar-refractivity contribution in [2.75, 3.05) is 7.11 Å². The summed E-state index contributed by atoms with van der Waals surface area (Å²) >= 11 is 0. The van der Waals surface area contributed by atoms with E-state index in [2.05, 4.69) is 23.9 Å². The average Bonchev–Trinajstić information content (AvgIpc) is 2.52. The first-order chi connectivity index (χ1) is 7.06. The van der Waals surface area contributed by atoms with Crippen LogP contribution in [0.15, 0.2) is 6.33 Å². The third-order valence-electron chi connectivity index (χ3n) is 2.57. The average molecular weight is 212 g/mol. The van der Waals surface area contributed by atoms with Crippen molar-refractivity contribution in [3.8, 4) is 0 Å². The quantitative estimate of drug-likeness (QED) is 0.765. The van der Waals surface area contributed by atoms with Crippen LogP contribution in [-0.2, 0) is 18.2 Å². The summed E-state index contributed by atoms with van der Waals surface area (Å²) in [6.45, 7) is 4.20. The van der Waals surface area contributed by atoms with Crippen molar-refractivity contribution in [2.24, 2.45) is 18.7 Å². The second-order valence-electron chi connectivity index (χ2n) is 4.11. The molecule has 0 saturated carbocycles. The van der Waals surface area contributed by atoms with Gasteiger partial charge in [-0.2, -0.15) is 5.10 Å². The molecule has 2 unspecified atom stereocenters. The number of hydrogen-bond donors (Lipinski definition) is 1. The maximum Gasteiger partial charge on any atom is 0.138 e. The number of methoxy groups -OCH3 is 1. The van der Waals surface area contributed by atoms with Gasteiger partial charge in [-0.1, -0.05) is 13.8 Å². The summed E-state index contributed by atoms with van der Waals surface area (Å²) in [6.07, 6.45) is 2.29. The molecule has 86 valence electrons. The standard InChI is InChI=1S/C10H20N4O/c1-7(2)10(15-4)8(11)5-9-12-6-13-14(9)3/h6-8,10H,5,11H2,1-4H3. The van der Waals surface area contributed by atoms with Gasteiger partial charge < -0.3 is 10.5 Å². The van der Waals surface area contributed by atoms with Crippen molar-refractivity contribution in [2.45, 2.75) is 32.4 Å². The van der Waals surface area contributed by atoms with E-state index < -0.39 is 0 Å². The molecular weight excluding hydrogens is 192 g/mol. The van der Waals surface area contributed by atoms with Gasteiger partial charge in [-0.3, -0.25) is 4.68 Å². The number of aromatic nitrogens is 3. The van der Waals surface area contributed by atoms with Gasteiger partial charge in [0.25, 0.3) is 0 Å². The maximum atomic E-state index is 6.08. The lowest BCUT2D eigenvalue weighted by Gasteiger charge is -2.25. The Morgan fingerprint density at radius 3 is 2.60 bits per heavy atom. The highest BCUT2D eigenvalue weighted by molar-refractivity contribution is 4.91. The first-order valence-electron chi connectivity index (χ1n) is 5.17. The van der Waals surface area contributed by atoms with Gasteiger partial charge in [0.05, 0.1) is 6.10 Å². The van der Waals surface area contributed by atoms with Crippen molar-refractivity contribution in [1.29, 1.82) is 0 Å². The van der Waals surface area contributed by atoms with E-state index in [0.29, 0.717) is 12.3 Å². The Hall–Kier alpha value is -0.940. The molecule has 1 aromatic rings. The van der Waals surface area contributed by atoms with E-state index in [1.54, 1.807) is 18.1 Å². The number of rotatable bonds is 5. The van der Waals surface area contributed by atoms with E-state index in [0.717, 1.165) is 5.82 Å². The fraction of sp³-hybridized carbons (Fsp3) is 0.800. The maximum absolute atomic E-state index is 6.08. The molecule has 1 aromatic heterocycles. The Labute approximate surface area is 90.6 Å². The molecule has 0 spiro atoms. The van der Waals surface area contributed by atoms with E-state index in [9.17, 15) is 0 Å². The number of nitrogens with zero attached hydrogens (tertiary/aromatic N) is 3. The Morgan fingerprint density at radius 2 is 2.20 bits per heavy atom. The van der Waals surface area contributed by atoms with E-state index in [4.69, 9.17) is 10.5 Å². The fourth-order valence-corrected chi connectivity index (χ4v) is 1.77. The van der Waals surface area contributed by atoms with Gasteiger partial charge in [0.1, 0.15) is 12.2 Å². The molecule has 0 bridgehead atoms. The highest BCUT2D eigenvalue weighted by Gasteiger charge is 2.22. The summed E-state index contributed by atoms with van der Waals surface area (Å²) in [6, 6.07) is -0.0436. The highest BCUT2D eigenvalue weighted by Crippen LogP contribution is 2.11. The van der Waals surface area contributed by atoms with Crippen molar-refractivity contribution in [3.63, 3.8) is 0 Å². The molecule has 0 aliphatic heterocycles. The SMILES string of the molecule is COC(C(C)C)C(N)Cc1ncnn1C. The van der Waals surface area contributed by atoms with Crippen LogP contribution >= 0.6 is 0 Å². The molecule has 1 rings (SSSR count). The molecule has 0 fully saturated rings. The molecular formula is C10H20N4O. The molecule has 0 aliphatic rings. The number of hydrogen-bond acceptors (Lipinski definition) is 4. The van der Waals surface area contributed by atoms with Gasteiger partial charge in [0.2, 0.25) is 0 Å². The van der Waals surface area contributed by atoms with Crippen LogP contribution in [0.4, 0.5) is 0 Å². The summed E-state index contributed by atoms with van der Waals surface area (Å²) in [5.41, 5.74) is 6.08. The highest BCUT2D eigenvalue weighted by atomic mass is 16.5. The fourth-order valence-electron chi connectivity index (χ4n) is 1.77. The minimum Gasteiger partial charge on any atom is -0.380 e. The van der Waals surface area contributed by atoms with Gasteiger partial charge in [0.15, 0.2) is 0 Å². The first-order valence-corrected chi connectivity index (χ1v) is 5.17. The van der Waals surface area contributed by atoms with Gasteiger partial charge in [-0.05, 0) is 5.92 Å². The topological polar surface area (TPSA) is 66.0 Å². The summed E-state index contributed by atoms with van der Waals surface area (Å²) in [4.78, 5) is 4.15. The van der Waals surface area contributed by atoms with E-state index >= 15 is 0 Å². The Balaban J connectivity index is 2.62. The van der Waals surface area contributed by atoms with Gasteiger partial charge in [0, 0.05) is 26.6 Å². The smallest absolute Gasteiger partial charge is 0.138 e. The lowest BCUT2D eigenvalue weighted by molar-refractivity contribution is 0.0434. The van der Waals surface area contributed by atoms with Crippen LogP contribution in [0.3, 0.4) is 0 Å². The van der Waals surface area contributed by atoms with Gasteiger partial charge in [-0.25, -0.2) is 4.98 Å². The van der Waals surface area contributed by atoms with Crippen molar-refractivity contribution in [3.05, 3.63) is 12.2 Å². The third-order valence-corrected chi connectivity index (χ3v) is 2.57. The van der Waals surface area contributed by atoms with Crippen LogP contribution in [-0.4, -0.2) is 34.0 Å². The van der Waals surface area contributed by atoms with Crippen LogP contribution in [0.25, 0.3) is 0 Å². The predicted molar refractivity (Wildman–Crippen MR) is 58.3 cm³/mol. The second-order valence-corrected chi connectivity index (χ2v) is 4.11. The van der Waals surface area contributed by atoms with Crippen LogP contribution in [0.1, 0.15) is 19.7 Å². The van der Waals surface area contributed by atoms with Crippen molar-refractivity contribution >= 4 is 0 Å². The zero-order valence-electron chi connectivity index (χ0n) is 9.84. The van der Waals surface area contributed by atoms with Crippen LogP contribution in [0.5, 0.6) is 0 Å². The summed E-state index contributed by atoms with van der Waals surface area (Å²) in [7, 11) is 3.56. The van der Waals surface area contributed by atoms with E-state index in [-0.39, 0.29) is 12.1 Å². The van der Waals surface area contributed by atoms with E-state index in [1.807, 2.05) is 7.05 Å².